The summed E-state index contributed by atoms with van der Waals surface area (Å²) in [6, 6.07) is 5.12. The summed E-state index contributed by atoms with van der Waals surface area (Å²) in [4.78, 5) is 11.2. The molecule has 0 bridgehead atoms. The Balaban J connectivity index is 3.01. The zero-order valence-electron chi connectivity index (χ0n) is 9.85. The Bertz CT molecular complexity index is 465. The average Bonchev–Trinajstić information content (AvgIpc) is 2.30. The van der Waals surface area contributed by atoms with Crippen LogP contribution < -0.4 is 10.5 Å². The first kappa shape index (κ1) is 14.9. The number of thiocarbonyl (C=S) groups is 1. The Morgan fingerprint density at radius 3 is 2.78 bits per heavy atom. The summed E-state index contributed by atoms with van der Waals surface area (Å²) in [6.07, 6.45) is 0.266. The largest absolute Gasteiger partial charge is 0.479 e. The number of carbonyl (C=O) groups is 1. The lowest BCUT2D eigenvalue weighted by molar-refractivity contribution is -0.145. The number of ether oxygens (including phenoxy) is 1. The summed E-state index contributed by atoms with van der Waals surface area (Å²) in [7, 11) is 0. The molecule has 0 heterocycles. The quantitative estimate of drug-likeness (QED) is 0.784. The van der Waals surface area contributed by atoms with Crippen molar-refractivity contribution in [3.05, 3.63) is 28.2 Å². The molecule has 0 aliphatic heterocycles. The topological polar surface area (TPSA) is 72.5 Å². The van der Waals surface area contributed by atoms with Crippen LogP contribution in [0.25, 0.3) is 0 Å². The molecule has 0 saturated carbocycles. The third kappa shape index (κ3) is 3.96. The molecule has 6 heteroatoms. The van der Waals surface area contributed by atoms with Gasteiger partial charge in [-0.05, 0) is 24.6 Å². The van der Waals surface area contributed by atoms with Gasteiger partial charge in [-0.2, -0.15) is 0 Å². The number of hydrogen-bond acceptors (Lipinski definition) is 3. The Labute approximate surface area is 119 Å². The van der Waals surface area contributed by atoms with Crippen molar-refractivity contribution in [2.24, 2.45) is 5.73 Å². The van der Waals surface area contributed by atoms with E-state index >= 15 is 0 Å². The fourth-order valence-electron chi connectivity index (χ4n) is 1.45. The zero-order valence-corrected chi connectivity index (χ0v) is 12.3. The van der Waals surface area contributed by atoms with Gasteiger partial charge in [0.25, 0.3) is 0 Å². The summed E-state index contributed by atoms with van der Waals surface area (Å²) >= 11 is 8.23. The van der Waals surface area contributed by atoms with Crippen LogP contribution in [-0.4, -0.2) is 22.2 Å². The van der Waals surface area contributed by atoms with E-state index in [2.05, 4.69) is 15.9 Å². The first-order chi connectivity index (χ1) is 8.45. The zero-order chi connectivity index (χ0) is 13.7. The molecule has 0 spiro atoms. The third-order valence-electron chi connectivity index (χ3n) is 2.30. The van der Waals surface area contributed by atoms with Crippen molar-refractivity contribution in [1.82, 2.24) is 0 Å². The fraction of sp³-hybridized carbons (Fsp3) is 0.333. The molecule has 0 aliphatic carbocycles. The van der Waals surface area contributed by atoms with E-state index in [9.17, 15) is 4.79 Å². The Kier molecular flexibility index (Phi) is 5.55. The molecule has 1 aromatic carbocycles. The SMILES string of the molecule is CCCC(Oc1ccc(Br)cc1C(N)=S)C(=O)O. The number of rotatable bonds is 6. The number of aliphatic carboxylic acids is 1. The number of nitrogens with two attached hydrogens (primary N) is 1. The maximum atomic E-state index is 11.0. The lowest BCUT2D eigenvalue weighted by Gasteiger charge is -2.17. The second-order valence-electron chi connectivity index (χ2n) is 3.74. The van der Waals surface area contributed by atoms with Gasteiger partial charge in [0.2, 0.25) is 0 Å². The fourth-order valence-corrected chi connectivity index (χ4v) is 1.97. The highest BCUT2D eigenvalue weighted by Gasteiger charge is 2.20. The Morgan fingerprint density at radius 2 is 2.28 bits per heavy atom. The Morgan fingerprint density at radius 1 is 1.61 bits per heavy atom. The lowest BCUT2D eigenvalue weighted by atomic mass is 10.1. The van der Waals surface area contributed by atoms with Gasteiger partial charge < -0.3 is 15.6 Å². The van der Waals surface area contributed by atoms with E-state index in [-0.39, 0.29) is 4.99 Å². The van der Waals surface area contributed by atoms with Gasteiger partial charge >= 0.3 is 5.97 Å². The minimum absolute atomic E-state index is 0.173. The summed E-state index contributed by atoms with van der Waals surface area (Å²) in [6.45, 7) is 1.90. The molecule has 98 valence electrons. The predicted molar refractivity (Wildman–Crippen MR) is 77.0 cm³/mol. The van der Waals surface area contributed by atoms with E-state index in [1.807, 2.05) is 6.92 Å². The highest BCUT2D eigenvalue weighted by molar-refractivity contribution is 9.10. The van der Waals surface area contributed by atoms with Gasteiger partial charge in [-0.25, -0.2) is 4.79 Å². The number of carboxylic acid groups (broad SMARTS) is 1. The van der Waals surface area contributed by atoms with E-state index < -0.39 is 12.1 Å². The molecule has 0 aromatic heterocycles. The van der Waals surface area contributed by atoms with Crippen LogP contribution in [0.15, 0.2) is 22.7 Å². The standard InChI is InChI=1S/C12H14BrNO3S/c1-2-3-10(12(15)16)17-9-5-4-7(13)6-8(9)11(14)18/h4-6,10H,2-3H2,1H3,(H2,14,18)(H,15,16). The Hall–Kier alpha value is -1.14. The van der Waals surface area contributed by atoms with Crippen LogP contribution in [0, 0.1) is 0 Å². The van der Waals surface area contributed by atoms with Gasteiger partial charge in [-0.15, -0.1) is 0 Å². The number of hydrogen-bond donors (Lipinski definition) is 2. The van der Waals surface area contributed by atoms with Crippen molar-refractivity contribution in [3.63, 3.8) is 0 Å². The molecule has 0 saturated heterocycles. The van der Waals surface area contributed by atoms with Crippen LogP contribution in [-0.2, 0) is 4.79 Å². The molecule has 1 aromatic rings. The number of carboxylic acids is 1. The predicted octanol–water partition coefficient (Wildman–Crippen LogP) is 2.72. The molecule has 0 amide bonds. The molecule has 1 rings (SSSR count). The summed E-state index contributed by atoms with van der Waals surface area (Å²) in [5.41, 5.74) is 6.12. The van der Waals surface area contributed by atoms with Crippen molar-refractivity contribution in [2.45, 2.75) is 25.9 Å². The number of benzene rings is 1. The van der Waals surface area contributed by atoms with Gasteiger partial charge in [-0.3, -0.25) is 0 Å². The van der Waals surface area contributed by atoms with Crippen LogP contribution in [0.5, 0.6) is 5.75 Å². The van der Waals surface area contributed by atoms with Crippen LogP contribution in [0.1, 0.15) is 25.3 Å². The summed E-state index contributed by atoms with van der Waals surface area (Å²) < 4.78 is 6.28. The first-order valence-electron chi connectivity index (χ1n) is 5.44. The van der Waals surface area contributed by atoms with Crippen molar-refractivity contribution in [1.29, 1.82) is 0 Å². The van der Waals surface area contributed by atoms with E-state index in [0.717, 1.165) is 10.9 Å². The minimum Gasteiger partial charge on any atom is -0.479 e. The first-order valence-corrected chi connectivity index (χ1v) is 6.64. The van der Waals surface area contributed by atoms with Crippen molar-refractivity contribution >= 4 is 39.1 Å². The molecule has 0 radical (unpaired) electrons. The molecule has 1 atom stereocenters. The van der Waals surface area contributed by atoms with Crippen LogP contribution >= 0.6 is 28.1 Å². The third-order valence-corrected chi connectivity index (χ3v) is 3.02. The molecule has 0 aliphatic rings. The summed E-state index contributed by atoms with van der Waals surface area (Å²) in [5, 5.41) is 9.05. The van der Waals surface area contributed by atoms with Gasteiger partial charge in [-0.1, -0.05) is 41.5 Å². The van der Waals surface area contributed by atoms with Gasteiger partial charge in [0.1, 0.15) is 10.7 Å². The van der Waals surface area contributed by atoms with Gasteiger partial charge in [0, 0.05) is 4.47 Å². The smallest absolute Gasteiger partial charge is 0.344 e. The van der Waals surface area contributed by atoms with E-state index in [4.69, 9.17) is 27.8 Å². The normalized spacial score (nSPS) is 11.9. The minimum atomic E-state index is -0.992. The monoisotopic (exact) mass is 331 g/mol. The molecule has 0 fully saturated rings. The molecule has 4 nitrogen and oxygen atoms in total. The average molecular weight is 332 g/mol. The van der Waals surface area contributed by atoms with Crippen LogP contribution in [0.3, 0.4) is 0 Å². The van der Waals surface area contributed by atoms with Crippen molar-refractivity contribution < 1.29 is 14.6 Å². The molecule has 3 N–H and O–H groups in total. The van der Waals surface area contributed by atoms with E-state index in [1.54, 1.807) is 18.2 Å². The van der Waals surface area contributed by atoms with E-state index in [1.165, 1.54) is 0 Å². The maximum absolute atomic E-state index is 11.0. The molecular weight excluding hydrogens is 318 g/mol. The van der Waals surface area contributed by atoms with E-state index in [0.29, 0.717) is 17.7 Å². The maximum Gasteiger partial charge on any atom is 0.344 e. The second kappa shape index (κ2) is 6.70. The van der Waals surface area contributed by atoms with Crippen molar-refractivity contribution in [2.75, 3.05) is 0 Å². The van der Waals surface area contributed by atoms with Crippen LogP contribution in [0.4, 0.5) is 0 Å². The molecular formula is C12H14BrNO3S. The second-order valence-corrected chi connectivity index (χ2v) is 5.09. The summed E-state index contributed by atoms with van der Waals surface area (Å²) in [5.74, 6) is -0.597. The van der Waals surface area contributed by atoms with Crippen LogP contribution in [0.2, 0.25) is 0 Å². The van der Waals surface area contributed by atoms with Crippen molar-refractivity contribution in [3.8, 4) is 5.75 Å². The lowest BCUT2D eigenvalue weighted by Crippen LogP contribution is -2.27. The van der Waals surface area contributed by atoms with Gasteiger partial charge in [0.15, 0.2) is 6.10 Å². The highest BCUT2D eigenvalue weighted by atomic mass is 79.9. The molecule has 1 unspecified atom stereocenters. The highest BCUT2D eigenvalue weighted by Crippen LogP contribution is 2.25. The molecule has 18 heavy (non-hydrogen) atoms. The number of halogens is 1. The van der Waals surface area contributed by atoms with Gasteiger partial charge in [0.05, 0.1) is 5.56 Å².